The normalized spacial score (nSPS) is 11.5. The smallest absolute Gasteiger partial charge is 0.280 e. The number of anilines is 1. The Kier molecular flexibility index (Phi) is 5.22. The maximum atomic E-state index is 13.1. The molecule has 0 aliphatic rings. The number of benzene rings is 1. The monoisotopic (exact) mass is 376 g/mol. The molecule has 0 bridgehead atoms. The lowest BCUT2D eigenvalue weighted by Crippen LogP contribution is -2.05. The number of fused-ring (bicyclic) bond motifs is 1. The minimum Gasteiger partial charge on any atom is -0.387 e. The van der Waals surface area contributed by atoms with Gasteiger partial charge in [0.15, 0.2) is 5.62 Å². The summed E-state index contributed by atoms with van der Waals surface area (Å²) in [7, 11) is 1.77. The zero-order valence-corrected chi connectivity index (χ0v) is 15.3. The van der Waals surface area contributed by atoms with Crippen LogP contribution in [0.25, 0.3) is 22.3 Å². The lowest BCUT2D eigenvalue weighted by Gasteiger charge is -2.13. The van der Waals surface area contributed by atoms with Crippen molar-refractivity contribution in [1.29, 1.82) is 0 Å². The van der Waals surface area contributed by atoms with Crippen LogP contribution in [0, 0.1) is 0 Å². The number of carbonyl (C=O) groups excluding carboxylic acids is 1. The summed E-state index contributed by atoms with van der Waals surface area (Å²) in [6, 6.07) is 8.44. The van der Waals surface area contributed by atoms with E-state index in [2.05, 4.69) is 15.4 Å². The summed E-state index contributed by atoms with van der Waals surface area (Å²) in [6.07, 6.45) is -2.65. The van der Waals surface area contributed by atoms with Gasteiger partial charge in [0.25, 0.3) is 6.43 Å². The molecule has 0 aliphatic carbocycles. The fraction of sp³-hybridized carbons (Fsp3) is 0.278. The number of nitrogens with zero attached hydrogens (tertiary/aromatic N) is 3. The van der Waals surface area contributed by atoms with E-state index in [1.807, 2.05) is 32.0 Å². The van der Waals surface area contributed by atoms with Gasteiger partial charge in [0.2, 0.25) is 0 Å². The van der Waals surface area contributed by atoms with E-state index in [1.54, 1.807) is 17.8 Å². The Hall–Kier alpha value is -2.48. The first-order valence-electron chi connectivity index (χ1n) is 8.06. The number of pyridine rings is 1. The van der Waals surface area contributed by atoms with Crippen LogP contribution in [-0.4, -0.2) is 27.4 Å². The van der Waals surface area contributed by atoms with Crippen LogP contribution in [0.5, 0.6) is 0 Å². The molecule has 0 radical (unpaired) electrons. The van der Waals surface area contributed by atoms with Crippen molar-refractivity contribution in [2.45, 2.75) is 31.2 Å². The highest BCUT2D eigenvalue weighted by atomic mass is 32.2. The second-order valence-corrected chi connectivity index (χ2v) is 6.83. The number of hydrogen-bond donors (Lipinski definition) is 1. The molecule has 3 aromatic rings. The molecular weight excluding hydrogens is 358 g/mol. The fourth-order valence-corrected chi connectivity index (χ4v) is 3.38. The van der Waals surface area contributed by atoms with Crippen LogP contribution < -0.4 is 5.32 Å². The van der Waals surface area contributed by atoms with Crippen LogP contribution >= 0.6 is 11.8 Å². The summed E-state index contributed by atoms with van der Waals surface area (Å²) in [5, 5.41) is 7.56. The van der Waals surface area contributed by atoms with Crippen LogP contribution in [0.2, 0.25) is 0 Å². The van der Waals surface area contributed by atoms with E-state index in [1.165, 1.54) is 6.07 Å². The van der Waals surface area contributed by atoms with Gasteiger partial charge in [-0.2, -0.15) is 5.10 Å². The van der Waals surface area contributed by atoms with E-state index in [0.29, 0.717) is 16.7 Å². The minimum atomic E-state index is -2.65. The van der Waals surface area contributed by atoms with Crippen LogP contribution in [0.1, 0.15) is 32.0 Å². The van der Waals surface area contributed by atoms with Crippen LogP contribution in [0.15, 0.2) is 35.2 Å². The molecule has 0 aliphatic heterocycles. The predicted octanol–water partition coefficient (Wildman–Crippen LogP) is 4.94. The molecule has 1 N–H and O–H groups in total. The molecular formula is C18H18F2N4OS. The van der Waals surface area contributed by atoms with Gasteiger partial charge in [-0.3, -0.25) is 9.48 Å². The number of aromatic nitrogens is 3. The molecule has 8 heteroatoms. The van der Waals surface area contributed by atoms with Crippen LogP contribution in [0.3, 0.4) is 0 Å². The van der Waals surface area contributed by atoms with E-state index in [4.69, 9.17) is 0 Å². The molecule has 3 rings (SSSR count). The Labute approximate surface area is 153 Å². The summed E-state index contributed by atoms with van der Waals surface area (Å²) < 4.78 is 28.0. The highest BCUT2D eigenvalue weighted by molar-refractivity contribution is 8.12. The second-order valence-electron chi connectivity index (χ2n) is 5.97. The van der Waals surface area contributed by atoms with Gasteiger partial charge in [0, 0.05) is 29.2 Å². The average Bonchev–Trinajstić information content (AvgIpc) is 3.00. The highest BCUT2D eigenvalue weighted by Gasteiger charge is 2.20. The Morgan fingerprint density at radius 2 is 2.00 bits per heavy atom. The summed E-state index contributed by atoms with van der Waals surface area (Å²) in [5.41, 5.74) is 3.70. The van der Waals surface area contributed by atoms with Crippen molar-refractivity contribution >= 4 is 34.1 Å². The Balaban J connectivity index is 2.28. The molecule has 2 heterocycles. The molecule has 26 heavy (non-hydrogen) atoms. The number of alkyl halides is 2. The molecule has 0 unspecified atom stereocenters. The minimum absolute atomic E-state index is 0.0142. The zero-order chi connectivity index (χ0) is 18.8. The van der Waals surface area contributed by atoms with E-state index < -0.39 is 6.43 Å². The molecule has 0 fully saturated rings. The second kappa shape index (κ2) is 7.41. The van der Waals surface area contributed by atoms with Crippen LogP contribution in [-0.2, 0) is 4.79 Å². The fourth-order valence-electron chi connectivity index (χ4n) is 2.79. The van der Waals surface area contributed by atoms with E-state index in [0.717, 1.165) is 33.5 Å². The summed E-state index contributed by atoms with van der Waals surface area (Å²) in [6.45, 7) is 3.93. The van der Waals surface area contributed by atoms with Gasteiger partial charge in [-0.1, -0.05) is 17.8 Å². The summed E-state index contributed by atoms with van der Waals surface area (Å²) in [4.78, 5) is 15.9. The predicted molar refractivity (Wildman–Crippen MR) is 100 cm³/mol. The molecule has 2 aromatic heterocycles. The van der Waals surface area contributed by atoms with Gasteiger partial charge in [-0.05, 0) is 38.1 Å². The van der Waals surface area contributed by atoms with E-state index in [9.17, 15) is 13.6 Å². The highest BCUT2D eigenvalue weighted by Crippen LogP contribution is 2.35. The number of carbonyl (C=O) groups is 1. The van der Waals surface area contributed by atoms with Crippen molar-refractivity contribution in [2.24, 2.45) is 0 Å². The van der Waals surface area contributed by atoms with Crippen molar-refractivity contribution < 1.29 is 13.6 Å². The first kappa shape index (κ1) is 18.3. The third-order valence-corrected chi connectivity index (χ3v) is 4.66. The van der Waals surface area contributed by atoms with Crippen LogP contribution in [0.4, 0.5) is 14.5 Å². The van der Waals surface area contributed by atoms with Gasteiger partial charge in [-0.15, -0.1) is 0 Å². The van der Waals surface area contributed by atoms with Crippen molar-refractivity contribution in [1.82, 2.24) is 14.8 Å². The summed E-state index contributed by atoms with van der Waals surface area (Å²) >= 11 is 1.05. The van der Waals surface area contributed by atoms with E-state index in [-0.39, 0.29) is 11.7 Å². The SMILES string of the molecule is CNc1ccc(-c2c3nc(C(F)F)ccc3nn2C(C)C)cc1SC=O. The standard InChI is InChI=1S/C18H18F2N4OS/c1-10(2)24-17(11-4-5-12(21-3)15(8-11)26-9-25)16-13(23-24)6-7-14(22-16)18(19)20/h4-10,18,21H,1-3H3. The first-order valence-corrected chi connectivity index (χ1v) is 8.94. The van der Waals surface area contributed by atoms with Crippen molar-refractivity contribution in [3.05, 3.63) is 36.0 Å². The molecule has 1 aromatic carbocycles. The maximum Gasteiger partial charge on any atom is 0.280 e. The zero-order valence-electron chi connectivity index (χ0n) is 14.5. The third kappa shape index (κ3) is 3.29. The number of halogens is 2. The number of rotatable bonds is 6. The molecule has 5 nitrogen and oxygen atoms in total. The molecule has 0 saturated carbocycles. The van der Waals surface area contributed by atoms with Crippen molar-refractivity contribution in [3.63, 3.8) is 0 Å². The Morgan fingerprint density at radius 3 is 2.62 bits per heavy atom. The van der Waals surface area contributed by atoms with Gasteiger partial charge >= 0.3 is 0 Å². The third-order valence-electron chi connectivity index (χ3n) is 3.98. The first-order chi connectivity index (χ1) is 12.5. The lowest BCUT2D eigenvalue weighted by atomic mass is 10.1. The van der Waals surface area contributed by atoms with Gasteiger partial charge in [-0.25, -0.2) is 13.8 Å². The van der Waals surface area contributed by atoms with Crippen molar-refractivity contribution in [2.75, 3.05) is 12.4 Å². The average molecular weight is 376 g/mol. The lowest BCUT2D eigenvalue weighted by molar-refractivity contribution is 0.146. The van der Waals surface area contributed by atoms with Gasteiger partial charge < -0.3 is 5.32 Å². The quantitative estimate of drug-likeness (QED) is 0.488. The molecule has 0 saturated heterocycles. The Bertz CT molecular complexity index is 956. The van der Waals surface area contributed by atoms with Gasteiger partial charge in [0.05, 0.1) is 5.69 Å². The molecule has 136 valence electrons. The number of hydrogen-bond acceptors (Lipinski definition) is 5. The number of nitrogens with one attached hydrogen (secondary N) is 1. The topological polar surface area (TPSA) is 59.8 Å². The largest absolute Gasteiger partial charge is 0.387 e. The number of thioether (sulfide) groups is 1. The van der Waals surface area contributed by atoms with Gasteiger partial charge in [0.1, 0.15) is 16.7 Å². The van der Waals surface area contributed by atoms with Crippen molar-refractivity contribution in [3.8, 4) is 11.3 Å². The Morgan fingerprint density at radius 1 is 1.23 bits per heavy atom. The molecule has 0 atom stereocenters. The maximum absolute atomic E-state index is 13.1. The molecule has 0 spiro atoms. The molecule has 0 amide bonds. The summed E-state index contributed by atoms with van der Waals surface area (Å²) in [5.74, 6) is 0. The van der Waals surface area contributed by atoms with E-state index >= 15 is 0 Å².